The fraction of sp³-hybridized carbons (Fsp3) is 0. The summed E-state index contributed by atoms with van der Waals surface area (Å²) in [6, 6.07) is 14.8. The fourth-order valence-corrected chi connectivity index (χ4v) is 1.50. The molecular formula is C13H11NO. The Labute approximate surface area is 88.5 Å². The molecule has 0 unspecified atom stereocenters. The van der Waals surface area contributed by atoms with Crippen molar-refractivity contribution in [3.8, 4) is 16.9 Å². The number of nitrogens with zero attached hydrogens (tertiary/aromatic N) is 1. The molecule has 0 bridgehead atoms. The molecule has 0 aliphatic rings. The second-order valence-electron chi connectivity index (χ2n) is 3.22. The van der Waals surface area contributed by atoms with Crippen LogP contribution in [0.2, 0.25) is 0 Å². The van der Waals surface area contributed by atoms with Gasteiger partial charge in [0.15, 0.2) is 0 Å². The van der Waals surface area contributed by atoms with E-state index in [1.54, 1.807) is 12.1 Å². The number of phenolic OH excluding ortho intramolecular Hbond substituents is 1. The van der Waals surface area contributed by atoms with E-state index in [9.17, 15) is 5.11 Å². The van der Waals surface area contributed by atoms with Gasteiger partial charge in [0.25, 0.3) is 0 Å². The molecular weight excluding hydrogens is 186 g/mol. The summed E-state index contributed by atoms with van der Waals surface area (Å²) in [4.78, 5) is 3.96. The maximum atomic E-state index is 9.19. The number of benzene rings is 2. The van der Waals surface area contributed by atoms with Gasteiger partial charge < -0.3 is 5.11 Å². The third kappa shape index (κ3) is 1.89. The molecule has 15 heavy (non-hydrogen) atoms. The smallest absolute Gasteiger partial charge is 0.115 e. The van der Waals surface area contributed by atoms with Crippen LogP contribution in [0, 0.1) is 0 Å². The molecule has 0 aromatic heterocycles. The van der Waals surface area contributed by atoms with Gasteiger partial charge >= 0.3 is 0 Å². The van der Waals surface area contributed by atoms with E-state index < -0.39 is 0 Å². The highest BCUT2D eigenvalue weighted by Gasteiger charge is 2.02. The number of hydrogen-bond donors (Lipinski definition) is 1. The standard InChI is InChI=1S/C13H11NO/c1-14-13-5-3-2-4-12(13)10-6-8-11(15)9-7-10/h2-9,15H,1H2. The minimum Gasteiger partial charge on any atom is -0.508 e. The van der Waals surface area contributed by atoms with Crippen LogP contribution >= 0.6 is 0 Å². The van der Waals surface area contributed by atoms with Crippen LogP contribution in [0.15, 0.2) is 53.5 Å². The van der Waals surface area contributed by atoms with Crippen molar-refractivity contribution in [1.29, 1.82) is 0 Å². The summed E-state index contributed by atoms with van der Waals surface area (Å²) in [7, 11) is 0. The summed E-state index contributed by atoms with van der Waals surface area (Å²) in [5.41, 5.74) is 2.89. The lowest BCUT2D eigenvalue weighted by atomic mass is 10.0. The van der Waals surface area contributed by atoms with Crippen LogP contribution < -0.4 is 0 Å². The molecule has 0 aliphatic heterocycles. The second kappa shape index (κ2) is 3.96. The summed E-state index contributed by atoms with van der Waals surface area (Å²) >= 11 is 0. The van der Waals surface area contributed by atoms with Gasteiger partial charge in [-0.3, -0.25) is 4.99 Å². The largest absolute Gasteiger partial charge is 0.508 e. The fourth-order valence-electron chi connectivity index (χ4n) is 1.50. The van der Waals surface area contributed by atoms with Crippen molar-refractivity contribution >= 4 is 12.4 Å². The second-order valence-corrected chi connectivity index (χ2v) is 3.22. The van der Waals surface area contributed by atoms with Crippen molar-refractivity contribution in [2.75, 3.05) is 0 Å². The van der Waals surface area contributed by atoms with Gasteiger partial charge in [-0.15, -0.1) is 0 Å². The van der Waals surface area contributed by atoms with Crippen molar-refractivity contribution in [1.82, 2.24) is 0 Å². The number of rotatable bonds is 2. The normalized spacial score (nSPS) is 9.87. The highest BCUT2D eigenvalue weighted by Crippen LogP contribution is 2.30. The van der Waals surface area contributed by atoms with Gasteiger partial charge in [-0.25, -0.2) is 0 Å². The van der Waals surface area contributed by atoms with E-state index in [0.717, 1.165) is 16.8 Å². The number of phenols is 1. The first-order chi connectivity index (χ1) is 7.31. The third-order valence-electron chi connectivity index (χ3n) is 2.25. The van der Waals surface area contributed by atoms with E-state index in [-0.39, 0.29) is 5.75 Å². The lowest BCUT2D eigenvalue weighted by molar-refractivity contribution is 0.475. The molecule has 2 aromatic rings. The molecule has 0 saturated carbocycles. The molecule has 2 nitrogen and oxygen atoms in total. The van der Waals surface area contributed by atoms with Crippen LogP contribution in [0.4, 0.5) is 5.69 Å². The molecule has 0 atom stereocenters. The Kier molecular flexibility index (Phi) is 2.50. The van der Waals surface area contributed by atoms with Crippen LogP contribution in [0.25, 0.3) is 11.1 Å². The maximum Gasteiger partial charge on any atom is 0.115 e. The van der Waals surface area contributed by atoms with Crippen molar-refractivity contribution in [3.63, 3.8) is 0 Å². The minimum atomic E-state index is 0.266. The van der Waals surface area contributed by atoms with Gasteiger partial charge in [-0.1, -0.05) is 30.3 Å². The molecule has 2 aromatic carbocycles. The Hall–Kier alpha value is -2.09. The molecule has 2 rings (SSSR count). The topological polar surface area (TPSA) is 32.6 Å². The molecule has 0 heterocycles. The van der Waals surface area contributed by atoms with E-state index in [1.165, 1.54) is 0 Å². The SMILES string of the molecule is C=Nc1ccccc1-c1ccc(O)cc1. The Balaban J connectivity index is 2.53. The lowest BCUT2D eigenvalue weighted by Gasteiger charge is -2.04. The quantitative estimate of drug-likeness (QED) is 0.735. The lowest BCUT2D eigenvalue weighted by Crippen LogP contribution is -1.77. The van der Waals surface area contributed by atoms with Crippen LogP contribution in [-0.4, -0.2) is 11.8 Å². The summed E-state index contributed by atoms with van der Waals surface area (Å²) in [5.74, 6) is 0.266. The van der Waals surface area contributed by atoms with Gasteiger partial charge in [0, 0.05) is 5.56 Å². The summed E-state index contributed by atoms with van der Waals surface area (Å²) < 4.78 is 0. The highest BCUT2D eigenvalue weighted by molar-refractivity contribution is 5.77. The number of hydrogen-bond acceptors (Lipinski definition) is 2. The van der Waals surface area contributed by atoms with Crippen LogP contribution in [-0.2, 0) is 0 Å². The summed E-state index contributed by atoms with van der Waals surface area (Å²) in [6.07, 6.45) is 0. The van der Waals surface area contributed by atoms with Gasteiger partial charge in [0.1, 0.15) is 5.75 Å². The average Bonchev–Trinajstić information content (AvgIpc) is 2.30. The predicted molar refractivity (Wildman–Crippen MR) is 62.8 cm³/mol. The number of aromatic hydroxyl groups is 1. The van der Waals surface area contributed by atoms with E-state index >= 15 is 0 Å². The molecule has 0 amide bonds. The Bertz CT molecular complexity index is 474. The molecule has 0 spiro atoms. The number of para-hydroxylation sites is 1. The first-order valence-corrected chi connectivity index (χ1v) is 4.66. The van der Waals surface area contributed by atoms with Crippen LogP contribution in [0.5, 0.6) is 5.75 Å². The highest BCUT2D eigenvalue weighted by atomic mass is 16.3. The molecule has 1 N–H and O–H groups in total. The molecule has 0 radical (unpaired) electrons. The zero-order valence-electron chi connectivity index (χ0n) is 8.22. The Morgan fingerprint density at radius 1 is 0.933 bits per heavy atom. The van der Waals surface area contributed by atoms with Gasteiger partial charge in [-0.2, -0.15) is 0 Å². The molecule has 0 aliphatic carbocycles. The molecule has 74 valence electrons. The first kappa shape index (κ1) is 9.46. The molecule has 0 saturated heterocycles. The predicted octanol–water partition coefficient (Wildman–Crippen LogP) is 3.39. The van der Waals surface area contributed by atoms with Crippen molar-refractivity contribution < 1.29 is 5.11 Å². The van der Waals surface area contributed by atoms with Crippen LogP contribution in [0.1, 0.15) is 0 Å². The maximum absolute atomic E-state index is 9.19. The monoisotopic (exact) mass is 197 g/mol. The zero-order chi connectivity index (χ0) is 10.7. The van der Waals surface area contributed by atoms with E-state index in [4.69, 9.17) is 0 Å². The summed E-state index contributed by atoms with van der Waals surface area (Å²) in [6.45, 7) is 3.54. The average molecular weight is 197 g/mol. The van der Waals surface area contributed by atoms with E-state index in [1.807, 2.05) is 36.4 Å². The van der Waals surface area contributed by atoms with E-state index in [0.29, 0.717) is 0 Å². The van der Waals surface area contributed by atoms with Gasteiger partial charge in [0.2, 0.25) is 0 Å². The minimum absolute atomic E-state index is 0.266. The third-order valence-corrected chi connectivity index (χ3v) is 2.25. The van der Waals surface area contributed by atoms with Crippen molar-refractivity contribution in [2.24, 2.45) is 4.99 Å². The van der Waals surface area contributed by atoms with E-state index in [2.05, 4.69) is 11.7 Å². The molecule has 0 fully saturated rings. The number of aliphatic imine (C=N–C) groups is 1. The van der Waals surface area contributed by atoms with Crippen molar-refractivity contribution in [3.05, 3.63) is 48.5 Å². The zero-order valence-corrected chi connectivity index (χ0v) is 8.22. The van der Waals surface area contributed by atoms with Crippen molar-refractivity contribution in [2.45, 2.75) is 0 Å². The van der Waals surface area contributed by atoms with Gasteiger partial charge in [-0.05, 0) is 30.5 Å². The molecule has 2 heteroatoms. The Morgan fingerprint density at radius 3 is 2.27 bits per heavy atom. The summed E-state index contributed by atoms with van der Waals surface area (Å²) in [5, 5.41) is 9.19. The Morgan fingerprint density at radius 2 is 1.60 bits per heavy atom. The first-order valence-electron chi connectivity index (χ1n) is 4.66. The van der Waals surface area contributed by atoms with Crippen LogP contribution in [0.3, 0.4) is 0 Å². The van der Waals surface area contributed by atoms with Gasteiger partial charge in [0.05, 0.1) is 5.69 Å².